The van der Waals surface area contributed by atoms with E-state index in [9.17, 15) is 9.59 Å². The van der Waals surface area contributed by atoms with Gasteiger partial charge in [0, 0.05) is 35.9 Å². The first kappa shape index (κ1) is 35.6. The van der Waals surface area contributed by atoms with Gasteiger partial charge in [-0.25, -0.2) is 19.7 Å². The van der Waals surface area contributed by atoms with Crippen molar-refractivity contribution >= 4 is 27.7 Å². The van der Waals surface area contributed by atoms with Crippen molar-refractivity contribution in [2.24, 2.45) is 11.8 Å². The summed E-state index contributed by atoms with van der Waals surface area (Å²) < 4.78 is 30.0. The Morgan fingerprint density at radius 1 is 1.11 bits per heavy atom. The molecule has 13 heteroatoms. The van der Waals surface area contributed by atoms with Crippen LogP contribution in [0.5, 0.6) is 0 Å². The summed E-state index contributed by atoms with van der Waals surface area (Å²) in [5.41, 5.74) is 2.88. The van der Waals surface area contributed by atoms with Crippen LogP contribution in [0.4, 0.5) is 10.2 Å². The number of carbonyl (C=O) groups excluding carboxylic acids is 2. The van der Waals surface area contributed by atoms with Crippen LogP contribution in [0.1, 0.15) is 61.4 Å². The molecule has 46 heavy (non-hydrogen) atoms. The lowest BCUT2D eigenvalue weighted by molar-refractivity contribution is -0.119. The Bertz CT molecular complexity index is 1480. The molecule has 0 saturated heterocycles. The topological polar surface area (TPSA) is 125 Å². The molecular formula is C33H50FN7O4S. The number of aromatic nitrogens is 5. The lowest BCUT2D eigenvalue weighted by atomic mass is 9.79. The van der Waals surface area contributed by atoms with E-state index in [1.165, 1.54) is 0 Å². The molecule has 4 rings (SSSR count). The fraction of sp³-hybridized carbons (Fsp3) is 0.606. The summed E-state index contributed by atoms with van der Waals surface area (Å²) in [5, 5.41) is 14.6. The van der Waals surface area contributed by atoms with Gasteiger partial charge in [-0.1, -0.05) is 26.7 Å². The number of methoxy groups -OCH3 is 1. The number of hydrogen-bond donors (Lipinski definition) is 2. The zero-order valence-electron chi connectivity index (χ0n) is 28.3. The molecule has 0 bridgehead atoms. The lowest BCUT2D eigenvalue weighted by Gasteiger charge is -2.32. The summed E-state index contributed by atoms with van der Waals surface area (Å²) >= 11 is 0. The van der Waals surface area contributed by atoms with Crippen LogP contribution >= 0.6 is 10.0 Å². The van der Waals surface area contributed by atoms with E-state index in [1.807, 2.05) is 13.8 Å². The van der Waals surface area contributed by atoms with Crippen LogP contribution in [0, 0.1) is 24.7 Å². The van der Waals surface area contributed by atoms with Gasteiger partial charge in [-0.05, 0) is 75.0 Å². The van der Waals surface area contributed by atoms with Crippen molar-refractivity contribution in [1.29, 1.82) is 0 Å². The van der Waals surface area contributed by atoms with Gasteiger partial charge in [0.1, 0.15) is 24.3 Å². The Balaban J connectivity index is 1.51. The first-order valence-corrected chi connectivity index (χ1v) is 19.0. The number of rotatable bonds is 15. The minimum Gasteiger partial charge on any atom is -0.383 e. The Morgan fingerprint density at radius 2 is 1.85 bits per heavy atom. The lowest BCUT2D eigenvalue weighted by Crippen LogP contribution is -2.49. The number of carbonyl (C=O) groups is 2. The normalized spacial score (nSPS) is 17.9. The summed E-state index contributed by atoms with van der Waals surface area (Å²) in [6.07, 6.45) is 12.5. The molecule has 2 N–H and O–H groups in total. The van der Waals surface area contributed by atoms with Crippen molar-refractivity contribution in [1.82, 2.24) is 29.9 Å². The third-order valence-corrected chi connectivity index (χ3v) is 9.94. The molecule has 1 fully saturated rings. The largest absolute Gasteiger partial charge is 0.383 e. The monoisotopic (exact) mass is 659 g/mol. The highest BCUT2D eigenvalue weighted by atomic mass is 32.3. The molecule has 11 nitrogen and oxygen atoms in total. The van der Waals surface area contributed by atoms with Gasteiger partial charge in [-0.3, -0.25) is 14.3 Å². The predicted octanol–water partition coefficient (Wildman–Crippen LogP) is 5.03. The Labute approximate surface area is 273 Å². The maximum atomic E-state index is 15.7. The number of anilines is 1. The molecule has 1 saturated carbocycles. The van der Waals surface area contributed by atoms with Crippen LogP contribution in [0.2, 0.25) is 0 Å². The van der Waals surface area contributed by atoms with E-state index in [0.29, 0.717) is 61.3 Å². The van der Waals surface area contributed by atoms with Crippen molar-refractivity contribution < 1.29 is 23.5 Å². The molecule has 3 aromatic rings. The van der Waals surface area contributed by atoms with E-state index in [1.54, 1.807) is 40.9 Å². The predicted molar refractivity (Wildman–Crippen MR) is 181 cm³/mol. The van der Waals surface area contributed by atoms with Gasteiger partial charge < -0.3 is 20.1 Å². The van der Waals surface area contributed by atoms with E-state index in [2.05, 4.69) is 51.5 Å². The standard InChI is InChI=1S/C33H50FN7O4S/c1-8-26-29(23(3)39-41(26)21-45-19-20-46(5,6)7)25-13-14-28(36-31(25)34)37-33(43)30(24-11-9-22(2)10-12-24)38-32(42)27-15-16-35-40(27)17-18-44-4/h13-16,22,24,30H,8-12,17-21H2,1-7H3,(H,38,42)(H,36,37,43)/t22?,24?,30-/m0/s1. The maximum Gasteiger partial charge on any atom is 0.270 e. The zero-order chi connectivity index (χ0) is 33.4. The number of ether oxygens (including phenoxy) is 2. The molecule has 0 aliphatic heterocycles. The van der Waals surface area contributed by atoms with Crippen molar-refractivity contribution in [2.45, 2.75) is 72.2 Å². The Morgan fingerprint density at radius 3 is 2.50 bits per heavy atom. The summed E-state index contributed by atoms with van der Waals surface area (Å²) in [4.78, 5) is 31.2. The van der Waals surface area contributed by atoms with Gasteiger partial charge in [0.2, 0.25) is 11.9 Å². The van der Waals surface area contributed by atoms with Crippen LogP contribution in [0.15, 0.2) is 24.4 Å². The van der Waals surface area contributed by atoms with Crippen LogP contribution in [-0.4, -0.2) is 87.2 Å². The Kier molecular flexibility index (Phi) is 12.4. The molecule has 1 aliphatic rings. The number of pyridine rings is 1. The quantitative estimate of drug-likeness (QED) is 0.173. The number of amides is 2. The van der Waals surface area contributed by atoms with Crippen molar-refractivity contribution in [3.05, 3.63) is 47.4 Å². The van der Waals surface area contributed by atoms with E-state index in [-0.39, 0.29) is 11.7 Å². The molecule has 0 spiro atoms. The highest BCUT2D eigenvalue weighted by Crippen LogP contribution is 2.34. The SMILES string of the molecule is CCc1c(-c2ccc(NC(=O)[C@@H](NC(=O)c3ccnn3CCOC)C3CCC(C)CC3)nc2F)c(C)nn1COCCS(C)(C)C. The van der Waals surface area contributed by atoms with Gasteiger partial charge in [0.05, 0.1) is 25.5 Å². The number of nitrogens with zero attached hydrogens (tertiary/aromatic N) is 5. The molecule has 2 amide bonds. The summed E-state index contributed by atoms with van der Waals surface area (Å²) in [7, 11) is 0.918. The van der Waals surface area contributed by atoms with Gasteiger partial charge in [-0.15, -0.1) is 0 Å². The maximum absolute atomic E-state index is 15.7. The minimum atomic E-state index is -0.817. The Hall–Kier alpha value is -3.29. The van der Waals surface area contributed by atoms with Crippen LogP contribution in [0.3, 0.4) is 0 Å². The number of nitrogens with one attached hydrogen (secondary N) is 2. The van der Waals surface area contributed by atoms with Crippen LogP contribution in [0.25, 0.3) is 11.1 Å². The second-order valence-electron chi connectivity index (χ2n) is 13.0. The molecular weight excluding hydrogens is 609 g/mol. The van der Waals surface area contributed by atoms with Crippen molar-refractivity contribution in [2.75, 3.05) is 50.2 Å². The second kappa shape index (κ2) is 16.0. The minimum absolute atomic E-state index is 0.0627. The van der Waals surface area contributed by atoms with Gasteiger partial charge >= 0.3 is 0 Å². The van der Waals surface area contributed by atoms with Gasteiger partial charge in [-0.2, -0.15) is 14.6 Å². The fourth-order valence-corrected chi connectivity index (χ4v) is 6.53. The average molecular weight is 660 g/mol. The van der Waals surface area contributed by atoms with Gasteiger partial charge in [0.15, 0.2) is 0 Å². The second-order valence-corrected chi connectivity index (χ2v) is 17.6. The first-order valence-electron chi connectivity index (χ1n) is 16.0. The summed E-state index contributed by atoms with van der Waals surface area (Å²) in [6, 6.07) is 4.02. The first-order chi connectivity index (χ1) is 21.9. The summed E-state index contributed by atoms with van der Waals surface area (Å²) in [6.45, 7) is 7.78. The number of hydrogen-bond acceptors (Lipinski definition) is 7. The third kappa shape index (κ3) is 9.16. The van der Waals surface area contributed by atoms with E-state index >= 15 is 4.39 Å². The highest BCUT2D eigenvalue weighted by molar-refractivity contribution is 8.32. The molecule has 1 aliphatic carbocycles. The van der Waals surface area contributed by atoms with Gasteiger partial charge in [0.25, 0.3) is 5.91 Å². The molecule has 0 aromatic carbocycles. The summed E-state index contributed by atoms with van der Waals surface area (Å²) in [5.74, 6) is 0.0423. The molecule has 0 unspecified atom stereocenters. The fourth-order valence-electron chi connectivity index (χ4n) is 5.91. The molecule has 3 aromatic heterocycles. The number of halogens is 1. The molecule has 3 heterocycles. The third-order valence-electron chi connectivity index (χ3n) is 8.55. The smallest absolute Gasteiger partial charge is 0.270 e. The average Bonchev–Trinajstić information content (AvgIpc) is 3.60. The van der Waals surface area contributed by atoms with E-state index in [0.717, 1.165) is 37.1 Å². The van der Waals surface area contributed by atoms with Crippen LogP contribution in [-0.2, 0) is 34.0 Å². The molecule has 0 radical (unpaired) electrons. The molecule has 1 atom stereocenters. The van der Waals surface area contributed by atoms with Crippen molar-refractivity contribution in [3.8, 4) is 11.1 Å². The van der Waals surface area contributed by atoms with E-state index in [4.69, 9.17) is 9.47 Å². The highest BCUT2D eigenvalue weighted by Gasteiger charge is 2.34. The number of aryl methyl sites for hydroxylation is 1. The van der Waals surface area contributed by atoms with Crippen LogP contribution < -0.4 is 10.6 Å². The van der Waals surface area contributed by atoms with Crippen molar-refractivity contribution in [3.63, 3.8) is 0 Å². The zero-order valence-corrected chi connectivity index (χ0v) is 29.1. The van der Waals surface area contributed by atoms with E-state index < -0.39 is 33.8 Å². The molecule has 254 valence electrons.